The standard InChI is InChI=1S/C20H23ClO2/c1-3-4-14-23-19(22)11-13-20(21)12-10-18(16(2)15-20)17-8-6-5-7-9-17/h5-13H,3-4,14-15H2,1-2H3/b13-11+. The lowest BCUT2D eigenvalue weighted by atomic mass is 9.86. The van der Waals surface area contributed by atoms with Crippen molar-refractivity contribution in [3.63, 3.8) is 0 Å². The smallest absolute Gasteiger partial charge is 0.330 e. The predicted molar refractivity (Wildman–Crippen MR) is 96.4 cm³/mol. The fourth-order valence-electron chi connectivity index (χ4n) is 2.57. The molecule has 0 fully saturated rings. The summed E-state index contributed by atoms with van der Waals surface area (Å²) in [6, 6.07) is 10.2. The number of unbranched alkanes of at least 4 members (excludes halogenated alkanes) is 1. The molecular weight excluding hydrogens is 308 g/mol. The Balaban J connectivity index is 2.02. The first kappa shape index (κ1) is 17.6. The predicted octanol–water partition coefficient (Wildman–Crippen LogP) is 5.30. The highest BCUT2D eigenvalue weighted by molar-refractivity contribution is 6.27. The minimum Gasteiger partial charge on any atom is -0.463 e. The van der Waals surface area contributed by atoms with Crippen molar-refractivity contribution in [2.75, 3.05) is 6.61 Å². The van der Waals surface area contributed by atoms with Crippen LogP contribution in [0.2, 0.25) is 0 Å². The van der Waals surface area contributed by atoms with E-state index in [1.165, 1.54) is 22.8 Å². The van der Waals surface area contributed by atoms with Gasteiger partial charge < -0.3 is 4.74 Å². The Bertz CT molecular complexity index is 628. The summed E-state index contributed by atoms with van der Waals surface area (Å²) in [5, 5.41) is 0. The third-order valence-electron chi connectivity index (χ3n) is 3.85. The second-order valence-corrected chi connectivity index (χ2v) is 6.55. The van der Waals surface area contributed by atoms with Crippen molar-refractivity contribution in [1.82, 2.24) is 0 Å². The van der Waals surface area contributed by atoms with Crippen molar-refractivity contribution in [1.29, 1.82) is 0 Å². The Kier molecular flexibility index (Phi) is 6.23. The Morgan fingerprint density at radius 2 is 2.09 bits per heavy atom. The summed E-state index contributed by atoms with van der Waals surface area (Å²) in [4.78, 5) is 11.0. The third kappa shape index (κ3) is 5.11. The van der Waals surface area contributed by atoms with Gasteiger partial charge in [0.05, 0.1) is 11.5 Å². The zero-order valence-corrected chi connectivity index (χ0v) is 14.5. The second-order valence-electron chi connectivity index (χ2n) is 5.85. The summed E-state index contributed by atoms with van der Waals surface area (Å²) in [5.41, 5.74) is 3.58. The number of allylic oxidation sites excluding steroid dienone is 5. The number of ether oxygens (including phenoxy) is 1. The molecule has 0 amide bonds. The molecule has 0 saturated heterocycles. The first-order valence-electron chi connectivity index (χ1n) is 8.03. The van der Waals surface area contributed by atoms with E-state index in [9.17, 15) is 4.79 Å². The third-order valence-corrected chi connectivity index (χ3v) is 4.23. The minimum absolute atomic E-state index is 0.331. The summed E-state index contributed by atoms with van der Waals surface area (Å²) >= 11 is 6.61. The van der Waals surface area contributed by atoms with Gasteiger partial charge in [-0.3, -0.25) is 0 Å². The first-order chi connectivity index (χ1) is 11.0. The number of hydrogen-bond donors (Lipinski definition) is 0. The van der Waals surface area contributed by atoms with Gasteiger partial charge in [-0.15, -0.1) is 11.6 Å². The number of alkyl halides is 1. The van der Waals surface area contributed by atoms with E-state index in [1.54, 1.807) is 6.08 Å². The van der Waals surface area contributed by atoms with Gasteiger partial charge in [0.2, 0.25) is 0 Å². The highest BCUT2D eigenvalue weighted by Gasteiger charge is 2.26. The van der Waals surface area contributed by atoms with Gasteiger partial charge in [0, 0.05) is 6.08 Å². The summed E-state index contributed by atoms with van der Waals surface area (Å²) in [6.07, 6.45) is 9.71. The van der Waals surface area contributed by atoms with E-state index < -0.39 is 4.87 Å². The van der Waals surface area contributed by atoms with Crippen LogP contribution in [0.5, 0.6) is 0 Å². The van der Waals surface area contributed by atoms with E-state index in [-0.39, 0.29) is 5.97 Å². The van der Waals surface area contributed by atoms with Crippen LogP contribution in [0.4, 0.5) is 0 Å². The van der Waals surface area contributed by atoms with Crippen molar-refractivity contribution in [2.45, 2.75) is 38.0 Å². The molecule has 0 aliphatic heterocycles. The number of benzene rings is 1. The average Bonchev–Trinajstić information content (AvgIpc) is 2.54. The van der Waals surface area contributed by atoms with Crippen LogP contribution in [0.1, 0.15) is 38.7 Å². The summed E-state index contributed by atoms with van der Waals surface area (Å²) < 4.78 is 5.12. The fraction of sp³-hybridized carbons (Fsp3) is 0.350. The van der Waals surface area contributed by atoms with Crippen LogP contribution in [0, 0.1) is 0 Å². The van der Waals surface area contributed by atoms with Crippen LogP contribution in [-0.2, 0) is 9.53 Å². The Labute approximate surface area is 143 Å². The molecule has 0 heterocycles. The van der Waals surface area contributed by atoms with Gasteiger partial charge in [0.15, 0.2) is 0 Å². The van der Waals surface area contributed by atoms with Crippen LogP contribution < -0.4 is 0 Å². The number of rotatable bonds is 6. The van der Waals surface area contributed by atoms with Crippen molar-refractivity contribution in [3.8, 4) is 0 Å². The highest BCUT2D eigenvalue weighted by atomic mass is 35.5. The normalized spacial score (nSPS) is 21.0. The van der Waals surface area contributed by atoms with Crippen LogP contribution in [-0.4, -0.2) is 17.5 Å². The maximum absolute atomic E-state index is 11.7. The van der Waals surface area contributed by atoms with E-state index in [0.29, 0.717) is 13.0 Å². The van der Waals surface area contributed by atoms with Crippen molar-refractivity contribution < 1.29 is 9.53 Å². The topological polar surface area (TPSA) is 26.3 Å². The molecule has 1 aromatic carbocycles. The van der Waals surface area contributed by atoms with E-state index >= 15 is 0 Å². The van der Waals surface area contributed by atoms with E-state index in [2.05, 4.69) is 26.0 Å². The number of esters is 1. The molecule has 1 aliphatic carbocycles. The number of hydrogen-bond acceptors (Lipinski definition) is 2. The monoisotopic (exact) mass is 330 g/mol. The zero-order valence-electron chi connectivity index (χ0n) is 13.7. The molecule has 0 N–H and O–H groups in total. The number of carbonyl (C=O) groups is 1. The Morgan fingerprint density at radius 3 is 2.74 bits per heavy atom. The maximum Gasteiger partial charge on any atom is 0.330 e. The van der Waals surface area contributed by atoms with Crippen LogP contribution >= 0.6 is 11.6 Å². The minimum atomic E-state index is -0.661. The molecule has 23 heavy (non-hydrogen) atoms. The van der Waals surface area contributed by atoms with E-state index in [0.717, 1.165) is 12.8 Å². The lowest BCUT2D eigenvalue weighted by Gasteiger charge is -2.25. The summed E-state index contributed by atoms with van der Waals surface area (Å²) in [7, 11) is 0. The molecule has 0 radical (unpaired) electrons. The number of halogens is 1. The lowest BCUT2D eigenvalue weighted by molar-refractivity contribution is -0.137. The molecule has 122 valence electrons. The van der Waals surface area contributed by atoms with Crippen molar-refractivity contribution in [3.05, 3.63) is 65.8 Å². The van der Waals surface area contributed by atoms with Gasteiger partial charge in [0.1, 0.15) is 0 Å². The molecule has 1 aliphatic rings. The van der Waals surface area contributed by atoms with E-state index in [4.69, 9.17) is 16.3 Å². The molecule has 0 saturated carbocycles. The molecule has 0 bridgehead atoms. The molecule has 2 nitrogen and oxygen atoms in total. The average molecular weight is 331 g/mol. The van der Waals surface area contributed by atoms with Crippen LogP contribution in [0.3, 0.4) is 0 Å². The Hall–Kier alpha value is -1.80. The molecule has 0 spiro atoms. The quantitative estimate of drug-likeness (QED) is 0.306. The van der Waals surface area contributed by atoms with Crippen LogP contribution in [0.25, 0.3) is 5.57 Å². The SMILES string of the molecule is CCCCOC(=O)/C=C/C1(Cl)C=CC(c2ccccc2)=C(C)C1. The summed E-state index contributed by atoms with van der Waals surface area (Å²) in [6.45, 7) is 4.60. The highest BCUT2D eigenvalue weighted by Crippen LogP contribution is 2.37. The lowest BCUT2D eigenvalue weighted by Crippen LogP contribution is -2.19. The van der Waals surface area contributed by atoms with Gasteiger partial charge in [-0.05, 0) is 30.9 Å². The van der Waals surface area contributed by atoms with Gasteiger partial charge in [-0.1, -0.05) is 67.5 Å². The molecule has 0 aromatic heterocycles. The van der Waals surface area contributed by atoms with Gasteiger partial charge in [-0.2, -0.15) is 0 Å². The van der Waals surface area contributed by atoms with Gasteiger partial charge >= 0.3 is 5.97 Å². The van der Waals surface area contributed by atoms with Gasteiger partial charge in [0.25, 0.3) is 0 Å². The Morgan fingerprint density at radius 1 is 1.35 bits per heavy atom. The molecule has 2 rings (SSSR count). The second kappa shape index (κ2) is 8.16. The number of carbonyl (C=O) groups excluding carboxylic acids is 1. The largest absolute Gasteiger partial charge is 0.463 e. The summed E-state index contributed by atoms with van der Waals surface area (Å²) in [5.74, 6) is -0.331. The van der Waals surface area contributed by atoms with Crippen molar-refractivity contribution in [2.24, 2.45) is 0 Å². The molecule has 1 aromatic rings. The van der Waals surface area contributed by atoms with Crippen molar-refractivity contribution >= 4 is 23.1 Å². The molecular formula is C20H23ClO2. The maximum atomic E-state index is 11.7. The van der Waals surface area contributed by atoms with Gasteiger partial charge in [-0.25, -0.2) is 4.79 Å². The zero-order chi connectivity index (χ0) is 16.7. The van der Waals surface area contributed by atoms with Crippen LogP contribution in [0.15, 0.2) is 60.2 Å². The molecule has 1 unspecified atom stereocenters. The fourth-order valence-corrected chi connectivity index (χ4v) is 2.90. The first-order valence-corrected chi connectivity index (χ1v) is 8.41. The molecule has 3 heteroatoms. The molecule has 1 atom stereocenters. The van der Waals surface area contributed by atoms with E-state index in [1.807, 2.05) is 30.4 Å².